The molecule has 0 aliphatic heterocycles. The monoisotopic (exact) mass is 464 g/mol. The van der Waals surface area contributed by atoms with E-state index in [4.69, 9.17) is 15.1 Å². The van der Waals surface area contributed by atoms with Crippen molar-refractivity contribution in [3.63, 3.8) is 0 Å². The van der Waals surface area contributed by atoms with Crippen LogP contribution in [-0.2, 0) is 0 Å². The SMILES string of the molecule is Brc1cccc(NN=C(c2nc3ccccc3s2)c2nc3ccccc3s2)c1. The zero-order valence-electron chi connectivity index (χ0n) is 14.5. The normalized spacial score (nSPS) is 11.0. The van der Waals surface area contributed by atoms with Gasteiger partial charge in [0.05, 0.1) is 26.1 Å². The van der Waals surface area contributed by atoms with Crippen LogP contribution in [0.4, 0.5) is 5.69 Å². The van der Waals surface area contributed by atoms with Crippen LogP contribution in [0.2, 0.25) is 0 Å². The number of nitrogens with zero attached hydrogens (tertiary/aromatic N) is 3. The first-order valence-electron chi connectivity index (χ1n) is 8.57. The van der Waals surface area contributed by atoms with Crippen LogP contribution < -0.4 is 5.43 Å². The Morgan fingerprint density at radius 2 is 1.39 bits per heavy atom. The molecule has 0 radical (unpaired) electrons. The zero-order chi connectivity index (χ0) is 18.9. The van der Waals surface area contributed by atoms with Gasteiger partial charge in [0, 0.05) is 4.47 Å². The third-order valence-corrected chi connectivity index (χ3v) is 6.69. The second kappa shape index (κ2) is 7.43. The highest BCUT2D eigenvalue weighted by Gasteiger charge is 2.17. The highest BCUT2D eigenvalue weighted by Crippen LogP contribution is 2.28. The fourth-order valence-electron chi connectivity index (χ4n) is 2.81. The standard InChI is InChI=1S/C21H13BrN4S2/c22-13-6-5-7-14(12-13)25-26-19(20-23-15-8-1-3-10-17(15)27-20)21-24-16-9-2-4-11-18(16)28-21/h1-12,25H. The number of benzene rings is 3. The van der Waals surface area contributed by atoms with E-state index in [9.17, 15) is 0 Å². The zero-order valence-corrected chi connectivity index (χ0v) is 17.7. The van der Waals surface area contributed by atoms with Gasteiger partial charge in [-0.2, -0.15) is 5.10 Å². The van der Waals surface area contributed by atoms with E-state index in [0.717, 1.165) is 46.3 Å². The van der Waals surface area contributed by atoms with Crippen molar-refractivity contribution < 1.29 is 0 Å². The average Bonchev–Trinajstić information content (AvgIpc) is 3.32. The minimum Gasteiger partial charge on any atom is -0.278 e. The number of halogens is 1. The molecule has 136 valence electrons. The maximum Gasteiger partial charge on any atom is 0.155 e. The summed E-state index contributed by atoms with van der Waals surface area (Å²) in [5, 5.41) is 6.41. The largest absolute Gasteiger partial charge is 0.278 e. The molecule has 28 heavy (non-hydrogen) atoms. The lowest BCUT2D eigenvalue weighted by Crippen LogP contribution is -2.06. The maximum absolute atomic E-state index is 4.79. The Labute approximate surface area is 177 Å². The Balaban J connectivity index is 1.63. The molecule has 3 aromatic carbocycles. The van der Waals surface area contributed by atoms with E-state index < -0.39 is 0 Å². The number of nitrogens with one attached hydrogen (secondary N) is 1. The second-order valence-electron chi connectivity index (χ2n) is 6.06. The molecular weight excluding hydrogens is 452 g/mol. The summed E-state index contributed by atoms with van der Waals surface area (Å²) in [4.78, 5) is 9.59. The van der Waals surface area contributed by atoms with Gasteiger partial charge in [-0.3, -0.25) is 5.43 Å². The summed E-state index contributed by atoms with van der Waals surface area (Å²) >= 11 is 6.74. The second-order valence-corrected chi connectivity index (χ2v) is 9.03. The lowest BCUT2D eigenvalue weighted by Gasteiger charge is -2.03. The van der Waals surface area contributed by atoms with Gasteiger partial charge >= 0.3 is 0 Å². The van der Waals surface area contributed by atoms with Crippen LogP contribution in [0.1, 0.15) is 10.0 Å². The van der Waals surface area contributed by atoms with Gasteiger partial charge in [-0.1, -0.05) is 46.3 Å². The molecule has 2 aromatic heterocycles. The molecule has 5 aromatic rings. The van der Waals surface area contributed by atoms with Gasteiger partial charge in [0.2, 0.25) is 0 Å². The van der Waals surface area contributed by atoms with Gasteiger partial charge in [-0.25, -0.2) is 9.97 Å². The predicted octanol–water partition coefficient (Wildman–Crippen LogP) is 6.53. The van der Waals surface area contributed by atoms with Gasteiger partial charge < -0.3 is 0 Å². The average molecular weight is 465 g/mol. The molecule has 0 saturated carbocycles. The maximum atomic E-state index is 4.79. The van der Waals surface area contributed by atoms with E-state index in [0.29, 0.717) is 0 Å². The number of fused-ring (bicyclic) bond motifs is 2. The van der Waals surface area contributed by atoms with Crippen LogP contribution >= 0.6 is 38.6 Å². The van der Waals surface area contributed by atoms with Crippen molar-refractivity contribution >= 4 is 70.4 Å². The van der Waals surface area contributed by atoms with Crippen LogP contribution in [0.15, 0.2) is 82.4 Å². The molecule has 0 aliphatic carbocycles. The molecular formula is C21H13BrN4S2. The van der Waals surface area contributed by atoms with Gasteiger partial charge in [-0.15, -0.1) is 22.7 Å². The summed E-state index contributed by atoms with van der Waals surface area (Å²) in [6.07, 6.45) is 0. The highest BCUT2D eigenvalue weighted by molar-refractivity contribution is 9.10. The minimum atomic E-state index is 0.752. The molecule has 0 spiro atoms. The number of thiazole rings is 2. The predicted molar refractivity (Wildman–Crippen MR) is 123 cm³/mol. The van der Waals surface area contributed by atoms with Crippen LogP contribution in [0.3, 0.4) is 0 Å². The summed E-state index contributed by atoms with van der Waals surface area (Å²) in [5.74, 6) is 0. The first kappa shape index (κ1) is 17.5. The Morgan fingerprint density at radius 1 is 0.786 bits per heavy atom. The first-order valence-corrected chi connectivity index (χ1v) is 11.0. The lowest BCUT2D eigenvalue weighted by atomic mass is 10.3. The van der Waals surface area contributed by atoms with Crippen molar-refractivity contribution in [1.82, 2.24) is 9.97 Å². The Hall–Kier alpha value is -2.61. The third kappa shape index (κ3) is 3.44. The number of aromatic nitrogens is 2. The molecule has 4 nitrogen and oxygen atoms in total. The molecule has 0 unspecified atom stereocenters. The van der Waals surface area contributed by atoms with E-state index in [-0.39, 0.29) is 0 Å². The van der Waals surface area contributed by atoms with Crippen LogP contribution in [-0.4, -0.2) is 15.7 Å². The highest BCUT2D eigenvalue weighted by atomic mass is 79.9. The van der Waals surface area contributed by atoms with Crippen molar-refractivity contribution in [1.29, 1.82) is 0 Å². The molecule has 0 amide bonds. The van der Waals surface area contributed by atoms with Gasteiger partial charge in [0.1, 0.15) is 10.0 Å². The first-order chi connectivity index (χ1) is 13.8. The molecule has 7 heteroatoms. The van der Waals surface area contributed by atoms with E-state index >= 15 is 0 Å². The summed E-state index contributed by atoms with van der Waals surface area (Å²) in [6.45, 7) is 0. The smallest absolute Gasteiger partial charge is 0.155 e. The van der Waals surface area contributed by atoms with Gasteiger partial charge in [0.25, 0.3) is 0 Å². The van der Waals surface area contributed by atoms with Crippen molar-refractivity contribution in [2.75, 3.05) is 5.43 Å². The number of anilines is 1. The lowest BCUT2D eigenvalue weighted by molar-refractivity contribution is 1.30. The topological polar surface area (TPSA) is 50.2 Å². The van der Waals surface area contributed by atoms with Gasteiger partial charge in [-0.05, 0) is 42.5 Å². The molecule has 5 rings (SSSR count). The Kier molecular flexibility index (Phi) is 4.64. The van der Waals surface area contributed by atoms with Crippen LogP contribution in [0.25, 0.3) is 20.4 Å². The quantitative estimate of drug-likeness (QED) is 0.242. The summed E-state index contributed by atoms with van der Waals surface area (Å²) in [5.41, 5.74) is 6.75. The van der Waals surface area contributed by atoms with Gasteiger partial charge in [0.15, 0.2) is 5.71 Å². The van der Waals surface area contributed by atoms with Crippen LogP contribution in [0.5, 0.6) is 0 Å². The fourth-order valence-corrected chi connectivity index (χ4v) is 5.19. The minimum absolute atomic E-state index is 0.752. The number of para-hydroxylation sites is 2. The number of hydrogen-bond donors (Lipinski definition) is 1. The molecule has 0 fully saturated rings. The van der Waals surface area contributed by atoms with E-state index in [2.05, 4.69) is 33.5 Å². The van der Waals surface area contributed by atoms with E-state index in [1.165, 1.54) is 0 Å². The summed E-state index contributed by atoms with van der Waals surface area (Å²) in [6, 6.07) is 24.2. The van der Waals surface area contributed by atoms with Crippen molar-refractivity contribution in [3.05, 3.63) is 87.3 Å². The molecule has 2 heterocycles. The molecule has 0 atom stereocenters. The Morgan fingerprint density at radius 3 is 1.96 bits per heavy atom. The number of rotatable bonds is 4. The fraction of sp³-hybridized carbons (Fsp3) is 0. The van der Waals surface area contributed by atoms with Crippen molar-refractivity contribution in [2.45, 2.75) is 0 Å². The Bertz CT molecular complexity index is 1180. The molecule has 1 N–H and O–H groups in total. The number of hydrogen-bond acceptors (Lipinski definition) is 6. The third-order valence-electron chi connectivity index (χ3n) is 4.11. The van der Waals surface area contributed by atoms with Crippen molar-refractivity contribution in [3.8, 4) is 0 Å². The van der Waals surface area contributed by atoms with Crippen molar-refractivity contribution in [2.24, 2.45) is 5.10 Å². The summed E-state index contributed by atoms with van der Waals surface area (Å²) < 4.78 is 3.26. The number of hydrazone groups is 1. The molecule has 0 bridgehead atoms. The summed E-state index contributed by atoms with van der Waals surface area (Å²) in [7, 11) is 0. The van der Waals surface area contributed by atoms with Crippen LogP contribution in [0, 0.1) is 0 Å². The van der Waals surface area contributed by atoms with E-state index in [1.54, 1.807) is 22.7 Å². The van der Waals surface area contributed by atoms with E-state index in [1.807, 2.05) is 60.7 Å². The molecule has 0 aliphatic rings. The molecule has 0 saturated heterocycles.